The van der Waals surface area contributed by atoms with Crippen molar-refractivity contribution in [2.45, 2.75) is 31.3 Å². The third kappa shape index (κ3) is 1.58. The highest BCUT2D eigenvalue weighted by molar-refractivity contribution is 5.82. The van der Waals surface area contributed by atoms with E-state index in [4.69, 9.17) is 5.26 Å². The van der Waals surface area contributed by atoms with E-state index in [1.165, 1.54) is 0 Å². The average molecular weight is 228 g/mol. The number of aliphatic hydroxyl groups is 1. The number of aromatic nitrogens is 3. The summed E-state index contributed by atoms with van der Waals surface area (Å²) in [7, 11) is 0. The molecule has 1 fully saturated rings. The molecule has 0 amide bonds. The molecule has 2 N–H and O–H groups in total. The molecule has 0 bridgehead atoms. The van der Waals surface area contributed by atoms with Gasteiger partial charge in [0.05, 0.1) is 16.9 Å². The summed E-state index contributed by atoms with van der Waals surface area (Å²) in [4.78, 5) is 2.91. The average Bonchev–Trinajstić information content (AvgIpc) is 2.67. The van der Waals surface area contributed by atoms with Crippen LogP contribution in [-0.4, -0.2) is 25.9 Å². The summed E-state index contributed by atoms with van der Waals surface area (Å²) in [5.74, 6) is 0.253. The van der Waals surface area contributed by atoms with Crippen LogP contribution in [0.2, 0.25) is 0 Å². The van der Waals surface area contributed by atoms with Crippen molar-refractivity contribution < 1.29 is 5.11 Å². The van der Waals surface area contributed by atoms with E-state index in [0.717, 1.165) is 11.1 Å². The second-order valence-corrected chi connectivity index (χ2v) is 4.95. The Morgan fingerprint density at radius 1 is 1.53 bits per heavy atom. The Bertz CT molecular complexity index is 615. The Kier molecular flexibility index (Phi) is 1.98. The van der Waals surface area contributed by atoms with E-state index in [9.17, 15) is 5.11 Å². The van der Waals surface area contributed by atoms with Crippen LogP contribution in [0.4, 0.5) is 0 Å². The van der Waals surface area contributed by atoms with Crippen molar-refractivity contribution in [3.05, 3.63) is 23.5 Å². The minimum absolute atomic E-state index is 0.253. The molecule has 0 aliphatic heterocycles. The van der Waals surface area contributed by atoms with Gasteiger partial charge < -0.3 is 10.1 Å². The molecule has 1 saturated carbocycles. The molecule has 86 valence electrons. The molecule has 0 saturated heterocycles. The first-order valence-electron chi connectivity index (χ1n) is 5.56. The lowest BCUT2D eigenvalue weighted by molar-refractivity contribution is -0.0324. The maximum Gasteiger partial charge on any atom is 0.161 e. The first kappa shape index (κ1) is 10.2. The molecule has 1 aliphatic rings. The summed E-state index contributed by atoms with van der Waals surface area (Å²) in [6.07, 6.45) is 3.05. The van der Waals surface area contributed by atoms with Crippen LogP contribution in [0, 0.1) is 11.3 Å². The van der Waals surface area contributed by atoms with E-state index in [2.05, 4.69) is 21.3 Å². The Labute approximate surface area is 98.1 Å². The number of fused-ring (bicyclic) bond motifs is 1. The lowest BCUT2D eigenvalue weighted by atomic mass is 9.70. The normalized spacial score (nSPS) is 27.7. The number of aromatic amines is 1. The van der Waals surface area contributed by atoms with Crippen LogP contribution in [0.25, 0.3) is 11.0 Å². The maximum absolute atomic E-state index is 9.71. The summed E-state index contributed by atoms with van der Waals surface area (Å²) >= 11 is 0. The fraction of sp³-hybridized carbons (Fsp3) is 0.417. The second kappa shape index (κ2) is 3.28. The Balaban J connectivity index is 2.00. The molecule has 5 heteroatoms. The van der Waals surface area contributed by atoms with Gasteiger partial charge in [-0.05, 0) is 25.8 Å². The van der Waals surface area contributed by atoms with E-state index in [0.29, 0.717) is 24.1 Å². The third-order valence-corrected chi connectivity index (χ3v) is 3.37. The Hall–Kier alpha value is -1.93. The first-order valence-corrected chi connectivity index (χ1v) is 5.56. The highest BCUT2D eigenvalue weighted by atomic mass is 16.3. The van der Waals surface area contributed by atoms with Gasteiger partial charge in [-0.15, -0.1) is 5.10 Å². The number of nitrogens with one attached hydrogen (secondary N) is 1. The standard InChI is InChI=1S/C12H12N4O/c1-12(17)3-7(4-12)10-2-9-8(5-13)6-14-11(9)16-15-10/h2,6-7,17H,3-4H2,1H3,(H,14,16). The van der Waals surface area contributed by atoms with E-state index >= 15 is 0 Å². The summed E-state index contributed by atoms with van der Waals surface area (Å²) in [5, 5.41) is 27.7. The number of nitrogens with zero attached hydrogens (tertiary/aromatic N) is 3. The smallest absolute Gasteiger partial charge is 0.161 e. The topological polar surface area (TPSA) is 85.6 Å². The van der Waals surface area contributed by atoms with Crippen LogP contribution < -0.4 is 0 Å². The zero-order valence-electron chi connectivity index (χ0n) is 9.44. The number of rotatable bonds is 1. The molecule has 0 unspecified atom stereocenters. The minimum atomic E-state index is -0.572. The second-order valence-electron chi connectivity index (χ2n) is 4.95. The zero-order chi connectivity index (χ0) is 12.0. The maximum atomic E-state index is 9.71. The van der Waals surface area contributed by atoms with Crippen LogP contribution in [0.3, 0.4) is 0 Å². The fourth-order valence-corrected chi connectivity index (χ4v) is 2.44. The van der Waals surface area contributed by atoms with Crippen molar-refractivity contribution in [2.75, 3.05) is 0 Å². The molecule has 1 aliphatic carbocycles. The molecule has 2 aromatic heterocycles. The molecule has 0 spiro atoms. The van der Waals surface area contributed by atoms with Crippen LogP contribution in [0.5, 0.6) is 0 Å². The van der Waals surface area contributed by atoms with Gasteiger partial charge in [0.15, 0.2) is 5.65 Å². The molecule has 2 heterocycles. The number of hydrogen-bond donors (Lipinski definition) is 2. The van der Waals surface area contributed by atoms with Crippen LogP contribution in [-0.2, 0) is 0 Å². The Morgan fingerprint density at radius 3 is 2.94 bits per heavy atom. The van der Waals surface area contributed by atoms with Crippen molar-refractivity contribution in [1.82, 2.24) is 15.2 Å². The molecule has 3 rings (SSSR count). The van der Waals surface area contributed by atoms with Gasteiger partial charge in [-0.25, -0.2) is 0 Å². The van der Waals surface area contributed by atoms with E-state index < -0.39 is 5.60 Å². The molecule has 0 atom stereocenters. The highest BCUT2D eigenvalue weighted by Gasteiger charge is 2.40. The summed E-state index contributed by atoms with van der Waals surface area (Å²) in [6.45, 7) is 1.83. The van der Waals surface area contributed by atoms with Crippen molar-refractivity contribution >= 4 is 11.0 Å². The molecular formula is C12H12N4O. The monoisotopic (exact) mass is 228 g/mol. The van der Waals surface area contributed by atoms with Crippen molar-refractivity contribution in [3.63, 3.8) is 0 Å². The van der Waals surface area contributed by atoms with Crippen LogP contribution >= 0.6 is 0 Å². The van der Waals surface area contributed by atoms with Crippen molar-refractivity contribution in [1.29, 1.82) is 5.26 Å². The van der Waals surface area contributed by atoms with Gasteiger partial charge >= 0.3 is 0 Å². The summed E-state index contributed by atoms with van der Waals surface area (Å²) < 4.78 is 0. The molecule has 17 heavy (non-hydrogen) atoms. The van der Waals surface area contributed by atoms with E-state index in [1.807, 2.05) is 13.0 Å². The SMILES string of the molecule is CC1(O)CC(c2cc3c(C#N)c[nH]c3nn2)C1. The van der Waals surface area contributed by atoms with Crippen molar-refractivity contribution in [2.24, 2.45) is 0 Å². The number of hydrogen-bond acceptors (Lipinski definition) is 4. The number of nitriles is 1. The zero-order valence-corrected chi connectivity index (χ0v) is 9.44. The van der Waals surface area contributed by atoms with Gasteiger partial charge in [0.25, 0.3) is 0 Å². The van der Waals surface area contributed by atoms with Gasteiger partial charge in [0.2, 0.25) is 0 Å². The predicted octanol–water partition coefficient (Wildman–Crippen LogP) is 1.46. The molecule has 0 radical (unpaired) electrons. The predicted molar refractivity (Wildman–Crippen MR) is 61.2 cm³/mol. The lowest BCUT2D eigenvalue weighted by Gasteiger charge is -2.40. The van der Waals surface area contributed by atoms with E-state index in [1.54, 1.807) is 6.20 Å². The molecule has 2 aromatic rings. The fourth-order valence-electron chi connectivity index (χ4n) is 2.44. The van der Waals surface area contributed by atoms with Gasteiger partial charge in [0.1, 0.15) is 6.07 Å². The summed E-state index contributed by atoms with van der Waals surface area (Å²) in [6, 6.07) is 4.02. The Morgan fingerprint density at radius 2 is 2.29 bits per heavy atom. The van der Waals surface area contributed by atoms with Gasteiger partial charge in [0, 0.05) is 17.5 Å². The highest BCUT2D eigenvalue weighted by Crippen LogP contribution is 2.43. The van der Waals surface area contributed by atoms with Crippen LogP contribution in [0.15, 0.2) is 12.3 Å². The molecule has 0 aromatic carbocycles. The van der Waals surface area contributed by atoms with Crippen LogP contribution in [0.1, 0.15) is 36.9 Å². The largest absolute Gasteiger partial charge is 0.390 e. The summed E-state index contributed by atoms with van der Waals surface area (Å²) in [5.41, 5.74) is 1.51. The third-order valence-electron chi connectivity index (χ3n) is 3.37. The minimum Gasteiger partial charge on any atom is -0.390 e. The first-order chi connectivity index (χ1) is 8.09. The quantitative estimate of drug-likeness (QED) is 0.773. The van der Waals surface area contributed by atoms with Gasteiger partial charge in [-0.1, -0.05) is 0 Å². The molecular weight excluding hydrogens is 216 g/mol. The van der Waals surface area contributed by atoms with E-state index in [-0.39, 0.29) is 5.92 Å². The van der Waals surface area contributed by atoms with Crippen molar-refractivity contribution in [3.8, 4) is 6.07 Å². The van der Waals surface area contributed by atoms with Gasteiger partial charge in [-0.3, -0.25) is 0 Å². The number of H-pyrrole nitrogens is 1. The lowest BCUT2D eigenvalue weighted by Crippen LogP contribution is -2.39. The van der Waals surface area contributed by atoms with Gasteiger partial charge in [-0.2, -0.15) is 10.4 Å². The molecule has 5 nitrogen and oxygen atoms in total.